The number of rotatable bonds is 5. The molecule has 1 fully saturated rings. The molecule has 0 aliphatic carbocycles. The number of benzene rings is 3. The lowest BCUT2D eigenvalue weighted by Gasteiger charge is -2.38. The van der Waals surface area contributed by atoms with Gasteiger partial charge in [-0.05, 0) is 30.3 Å². The first-order chi connectivity index (χ1) is 17.2. The fourth-order valence-corrected chi connectivity index (χ4v) is 4.56. The number of carbonyl (C=O) groups excluding carboxylic acids is 1. The van der Waals surface area contributed by atoms with Gasteiger partial charge in [0.25, 0.3) is 0 Å². The van der Waals surface area contributed by atoms with E-state index in [0.29, 0.717) is 22.3 Å². The number of esters is 1. The van der Waals surface area contributed by atoms with E-state index in [4.69, 9.17) is 14.2 Å². The number of ether oxygens (including phenoxy) is 3. The van der Waals surface area contributed by atoms with Crippen LogP contribution in [0.3, 0.4) is 0 Å². The third kappa shape index (κ3) is 3.76. The molecule has 2 aliphatic rings. The second kappa shape index (κ2) is 8.92. The van der Waals surface area contributed by atoms with E-state index < -0.39 is 48.2 Å². The maximum Gasteiger partial charge on any atom is 0.340 e. The summed E-state index contributed by atoms with van der Waals surface area (Å²) in [4.78, 5) is 24.1. The highest BCUT2D eigenvalue weighted by Crippen LogP contribution is 2.47. The van der Waals surface area contributed by atoms with Crippen molar-refractivity contribution in [2.75, 3.05) is 0 Å². The molecular weight excluding hydrogens is 472 g/mol. The Morgan fingerprint density at radius 2 is 1.44 bits per heavy atom. The third-order valence-electron chi connectivity index (χ3n) is 6.37. The SMILES string of the molecule is O=C1OC(c2ccc(O)cc2)(c2ccc(OC3OC(C(=O)O)C(O)C(O)C3O)cc2)c2ccccc21. The van der Waals surface area contributed by atoms with Crippen LogP contribution < -0.4 is 4.74 Å². The van der Waals surface area contributed by atoms with Gasteiger partial charge in [-0.2, -0.15) is 0 Å². The zero-order chi connectivity index (χ0) is 25.6. The summed E-state index contributed by atoms with van der Waals surface area (Å²) in [6.45, 7) is 0. The number of carboxylic acids is 1. The van der Waals surface area contributed by atoms with Crippen molar-refractivity contribution < 1.29 is 49.3 Å². The summed E-state index contributed by atoms with van der Waals surface area (Å²) in [5.41, 5.74) is 0.858. The molecule has 0 aromatic heterocycles. The Morgan fingerprint density at radius 3 is 2.08 bits per heavy atom. The molecule has 2 aliphatic heterocycles. The van der Waals surface area contributed by atoms with Crippen LogP contribution in [0.25, 0.3) is 0 Å². The van der Waals surface area contributed by atoms with Gasteiger partial charge in [-0.25, -0.2) is 9.59 Å². The summed E-state index contributed by atoms with van der Waals surface area (Å²) in [6, 6.07) is 19.5. The summed E-state index contributed by atoms with van der Waals surface area (Å²) in [6.07, 6.45) is -8.69. The van der Waals surface area contributed by atoms with Crippen LogP contribution in [0.5, 0.6) is 11.5 Å². The molecule has 0 radical (unpaired) electrons. The molecule has 0 saturated carbocycles. The monoisotopic (exact) mass is 494 g/mol. The summed E-state index contributed by atoms with van der Waals surface area (Å²) >= 11 is 0. The Labute approximate surface area is 204 Å². The van der Waals surface area contributed by atoms with Gasteiger partial charge in [0, 0.05) is 16.7 Å². The number of carboxylic acid groups (broad SMARTS) is 1. The molecule has 5 rings (SSSR count). The molecule has 0 bridgehead atoms. The van der Waals surface area contributed by atoms with Crippen molar-refractivity contribution >= 4 is 11.9 Å². The van der Waals surface area contributed by atoms with Gasteiger partial charge in [-0.3, -0.25) is 0 Å². The molecule has 2 heterocycles. The number of phenols is 1. The van der Waals surface area contributed by atoms with Crippen LogP contribution in [0.2, 0.25) is 0 Å². The molecule has 0 spiro atoms. The van der Waals surface area contributed by atoms with E-state index in [1.807, 2.05) is 0 Å². The summed E-state index contributed by atoms with van der Waals surface area (Å²) < 4.78 is 16.7. The van der Waals surface area contributed by atoms with E-state index in [1.54, 1.807) is 48.5 Å². The van der Waals surface area contributed by atoms with Crippen LogP contribution in [0.1, 0.15) is 27.0 Å². The summed E-state index contributed by atoms with van der Waals surface area (Å²) in [5.74, 6) is -1.82. The number of phenolic OH excluding ortho intramolecular Hbond substituents is 1. The maximum atomic E-state index is 12.8. The number of fused-ring (bicyclic) bond motifs is 1. The van der Waals surface area contributed by atoms with Gasteiger partial charge in [0.15, 0.2) is 11.7 Å². The Hall–Kier alpha value is -3.96. The van der Waals surface area contributed by atoms with E-state index in [1.165, 1.54) is 24.3 Å². The Kier molecular flexibility index (Phi) is 5.89. The fourth-order valence-electron chi connectivity index (χ4n) is 4.56. The highest BCUT2D eigenvalue weighted by Gasteiger charge is 2.49. The third-order valence-corrected chi connectivity index (χ3v) is 6.37. The van der Waals surface area contributed by atoms with Crippen molar-refractivity contribution in [2.45, 2.75) is 36.3 Å². The van der Waals surface area contributed by atoms with Crippen molar-refractivity contribution in [3.63, 3.8) is 0 Å². The Bertz CT molecular complexity index is 1290. The van der Waals surface area contributed by atoms with E-state index in [0.717, 1.165) is 0 Å². The molecule has 10 nitrogen and oxygen atoms in total. The normalized spacial score (nSPS) is 29.3. The number of aliphatic hydroxyl groups excluding tert-OH is 3. The molecule has 3 aromatic carbocycles. The van der Waals surface area contributed by atoms with Gasteiger partial charge in [-0.15, -0.1) is 0 Å². The molecule has 5 N–H and O–H groups in total. The average Bonchev–Trinajstić information content (AvgIpc) is 3.18. The minimum atomic E-state index is -1.83. The first-order valence-corrected chi connectivity index (χ1v) is 11.0. The topological polar surface area (TPSA) is 163 Å². The van der Waals surface area contributed by atoms with E-state index >= 15 is 0 Å². The molecule has 6 unspecified atom stereocenters. The van der Waals surface area contributed by atoms with Crippen LogP contribution in [0, 0.1) is 0 Å². The molecule has 0 amide bonds. The first-order valence-electron chi connectivity index (χ1n) is 11.0. The van der Waals surface area contributed by atoms with Crippen molar-refractivity contribution in [3.05, 3.63) is 95.1 Å². The van der Waals surface area contributed by atoms with Gasteiger partial charge >= 0.3 is 11.9 Å². The quantitative estimate of drug-likeness (QED) is 0.325. The Balaban J connectivity index is 1.50. The molecular formula is C26H22O10. The van der Waals surface area contributed by atoms with Crippen LogP contribution in [-0.4, -0.2) is 68.2 Å². The predicted octanol–water partition coefficient (Wildman–Crippen LogP) is 1.13. The molecule has 1 saturated heterocycles. The summed E-state index contributed by atoms with van der Waals surface area (Å²) in [7, 11) is 0. The number of aliphatic hydroxyl groups is 3. The lowest BCUT2D eigenvalue weighted by molar-refractivity contribution is -0.271. The minimum absolute atomic E-state index is 0.0493. The second-order valence-corrected chi connectivity index (χ2v) is 8.54. The zero-order valence-electron chi connectivity index (χ0n) is 18.6. The van der Waals surface area contributed by atoms with Gasteiger partial charge in [0.1, 0.15) is 29.8 Å². The standard InChI is InChI=1S/C26H22O10/c27-15-9-5-13(6-10-15)26(18-4-2-1-3-17(18)24(33)36-26)14-7-11-16(12-8-14)34-25-21(30)19(28)20(29)22(35-25)23(31)32/h1-12,19-22,25,27-30H,(H,31,32). The van der Waals surface area contributed by atoms with Crippen molar-refractivity contribution in [1.82, 2.24) is 0 Å². The second-order valence-electron chi connectivity index (χ2n) is 8.54. The number of aromatic hydroxyl groups is 1. The van der Waals surface area contributed by atoms with Gasteiger partial charge < -0.3 is 39.7 Å². The highest BCUT2D eigenvalue weighted by atomic mass is 16.7. The largest absolute Gasteiger partial charge is 0.508 e. The van der Waals surface area contributed by atoms with Crippen LogP contribution in [-0.2, 0) is 19.9 Å². The first kappa shape index (κ1) is 23.8. The molecule has 10 heteroatoms. The van der Waals surface area contributed by atoms with E-state index in [-0.39, 0.29) is 11.5 Å². The minimum Gasteiger partial charge on any atom is -0.508 e. The summed E-state index contributed by atoms with van der Waals surface area (Å²) in [5, 5.41) is 49.1. The smallest absolute Gasteiger partial charge is 0.340 e. The fraction of sp³-hybridized carbons (Fsp3) is 0.231. The molecule has 3 aromatic rings. The average molecular weight is 494 g/mol. The lowest BCUT2D eigenvalue weighted by atomic mass is 9.80. The molecule has 36 heavy (non-hydrogen) atoms. The van der Waals surface area contributed by atoms with E-state index in [2.05, 4.69) is 0 Å². The van der Waals surface area contributed by atoms with Crippen molar-refractivity contribution in [3.8, 4) is 11.5 Å². The highest BCUT2D eigenvalue weighted by molar-refractivity contribution is 5.96. The van der Waals surface area contributed by atoms with Crippen LogP contribution >= 0.6 is 0 Å². The number of carbonyl (C=O) groups is 2. The van der Waals surface area contributed by atoms with Gasteiger partial charge in [0.05, 0.1) is 5.56 Å². The zero-order valence-corrected chi connectivity index (χ0v) is 18.6. The van der Waals surface area contributed by atoms with Gasteiger partial charge in [-0.1, -0.05) is 42.5 Å². The Morgan fingerprint density at radius 1 is 0.833 bits per heavy atom. The number of aliphatic carboxylic acids is 1. The number of hydrogen-bond donors (Lipinski definition) is 5. The predicted molar refractivity (Wildman–Crippen MR) is 121 cm³/mol. The number of cyclic esters (lactones) is 1. The number of hydrogen-bond acceptors (Lipinski definition) is 9. The van der Waals surface area contributed by atoms with Crippen molar-refractivity contribution in [2.24, 2.45) is 0 Å². The van der Waals surface area contributed by atoms with Crippen molar-refractivity contribution in [1.29, 1.82) is 0 Å². The van der Waals surface area contributed by atoms with Crippen LogP contribution in [0.4, 0.5) is 0 Å². The van der Waals surface area contributed by atoms with E-state index in [9.17, 15) is 35.1 Å². The van der Waals surface area contributed by atoms with Gasteiger partial charge in [0.2, 0.25) is 6.29 Å². The molecule has 186 valence electrons. The maximum absolute atomic E-state index is 12.8. The molecule has 6 atom stereocenters. The van der Waals surface area contributed by atoms with Crippen LogP contribution in [0.15, 0.2) is 72.8 Å². The lowest BCUT2D eigenvalue weighted by Crippen LogP contribution is -2.61.